The van der Waals surface area contributed by atoms with Crippen molar-refractivity contribution >= 4 is 17.3 Å². The average molecular weight is 528 g/mol. The van der Waals surface area contributed by atoms with Gasteiger partial charge in [0.25, 0.3) is 0 Å². The lowest BCUT2D eigenvalue weighted by atomic mass is 10.0. The lowest BCUT2D eigenvalue weighted by Crippen LogP contribution is -2.23. The molecule has 0 bridgehead atoms. The van der Waals surface area contributed by atoms with Crippen LogP contribution in [0.4, 0.5) is 10.1 Å². The number of nitrogens with zero attached hydrogens (tertiary/aromatic N) is 1. The Morgan fingerprint density at radius 1 is 1.08 bits per heavy atom. The van der Waals surface area contributed by atoms with E-state index in [-0.39, 0.29) is 5.82 Å². The zero-order valence-electron chi connectivity index (χ0n) is 24.5. The van der Waals surface area contributed by atoms with Crippen LogP contribution < -0.4 is 11.1 Å². The number of anilines is 1. The quantitative estimate of drug-likeness (QED) is 0.214. The van der Waals surface area contributed by atoms with Crippen molar-refractivity contribution < 1.29 is 4.39 Å². The van der Waals surface area contributed by atoms with Gasteiger partial charge in [0, 0.05) is 28.0 Å². The molecule has 3 nitrogen and oxygen atoms in total. The van der Waals surface area contributed by atoms with Crippen molar-refractivity contribution in [3.05, 3.63) is 99.0 Å². The van der Waals surface area contributed by atoms with Gasteiger partial charge in [-0.15, -0.1) is 0 Å². The number of nitrogens with two attached hydrogens (primary N) is 1. The van der Waals surface area contributed by atoms with Crippen LogP contribution in [0.2, 0.25) is 5.02 Å². The number of benzene rings is 2. The third-order valence-electron chi connectivity index (χ3n) is 4.87. The van der Waals surface area contributed by atoms with Gasteiger partial charge in [-0.2, -0.15) is 5.26 Å². The molecule has 0 saturated carbocycles. The second kappa shape index (κ2) is 21.1. The highest BCUT2D eigenvalue weighted by atomic mass is 35.5. The van der Waals surface area contributed by atoms with E-state index < -0.39 is 0 Å². The smallest absolute Gasteiger partial charge is 0.124 e. The third kappa shape index (κ3) is 13.7. The van der Waals surface area contributed by atoms with E-state index in [1.807, 2.05) is 91.8 Å². The minimum Gasteiger partial charge on any atom is -0.399 e. The van der Waals surface area contributed by atoms with Crippen LogP contribution in [0.1, 0.15) is 85.4 Å². The molecule has 0 spiro atoms. The fourth-order valence-corrected chi connectivity index (χ4v) is 3.47. The number of nitrogens with one attached hydrogen (secondary N) is 1. The predicted molar refractivity (Wildman–Crippen MR) is 162 cm³/mol. The topological polar surface area (TPSA) is 61.8 Å². The van der Waals surface area contributed by atoms with Crippen LogP contribution in [0.3, 0.4) is 0 Å². The second-order valence-corrected chi connectivity index (χ2v) is 8.35. The molecule has 0 fully saturated rings. The highest BCUT2D eigenvalue weighted by Gasteiger charge is 2.09. The molecule has 3 N–H and O–H groups in total. The molecule has 0 amide bonds. The summed E-state index contributed by atoms with van der Waals surface area (Å²) in [7, 11) is 0. The SMILES string of the molecule is CC.CC.C\C=C(NC(C)C)/C(=C/C)C(/C#N)=C/CC.Cc1cc(Cc2ccc(F)cc2Cl)ccc1N. The van der Waals surface area contributed by atoms with Crippen molar-refractivity contribution in [1.82, 2.24) is 5.32 Å². The Bertz CT molecular complexity index is 1060. The first-order valence-electron chi connectivity index (χ1n) is 13.2. The molecule has 2 rings (SSSR count). The molecule has 37 heavy (non-hydrogen) atoms. The fourth-order valence-electron chi connectivity index (χ4n) is 3.24. The molecule has 0 aromatic heterocycles. The van der Waals surface area contributed by atoms with Crippen molar-refractivity contribution in [1.29, 1.82) is 5.26 Å². The van der Waals surface area contributed by atoms with Gasteiger partial charge in [0.05, 0.1) is 11.6 Å². The van der Waals surface area contributed by atoms with Gasteiger partial charge in [-0.3, -0.25) is 0 Å². The normalized spacial score (nSPS) is 11.2. The number of nitrogen functional groups attached to an aromatic ring is 1. The number of hydrogen-bond donors (Lipinski definition) is 2. The standard InChI is InChI=1S/C14H13ClFN.C14H22N2.2C2H6/c1-9-6-10(2-5-14(9)17)7-11-3-4-12(16)8-13(11)15;1-6-9-12(10-15)13(7-2)14(8-3)16-11(4)5;2*1-2/h2-6,8H,7,17H2,1H3;7-9,11,16H,6H2,1-5H3;2*1-2H3/b;12-9+,13-7+,14-8+;;. The number of nitriles is 1. The largest absolute Gasteiger partial charge is 0.399 e. The highest BCUT2D eigenvalue weighted by Crippen LogP contribution is 2.22. The first-order valence-corrected chi connectivity index (χ1v) is 13.5. The molecule has 0 heterocycles. The van der Waals surface area contributed by atoms with E-state index in [0.717, 1.165) is 45.6 Å². The Morgan fingerprint density at radius 3 is 2.14 bits per heavy atom. The summed E-state index contributed by atoms with van der Waals surface area (Å²) in [5.74, 6) is -0.313. The van der Waals surface area contributed by atoms with E-state index in [4.69, 9.17) is 22.6 Å². The van der Waals surface area contributed by atoms with Gasteiger partial charge in [-0.25, -0.2) is 4.39 Å². The van der Waals surface area contributed by atoms with Crippen LogP contribution in [-0.2, 0) is 6.42 Å². The molecule has 0 aliphatic heterocycles. The van der Waals surface area contributed by atoms with Crippen molar-refractivity contribution in [3.8, 4) is 6.07 Å². The van der Waals surface area contributed by atoms with Crippen LogP contribution in [-0.4, -0.2) is 6.04 Å². The Labute approximate surface area is 230 Å². The molecule has 0 unspecified atom stereocenters. The molecule has 204 valence electrons. The van der Waals surface area contributed by atoms with Gasteiger partial charge in [-0.1, -0.05) is 82.6 Å². The summed E-state index contributed by atoms with van der Waals surface area (Å²) in [6.45, 7) is 20.1. The van der Waals surface area contributed by atoms with E-state index in [1.54, 1.807) is 6.07 Å². The van der Waals surface area contributed by atoms with Crippen molar-refractivity contribution in [2.45, 2.75) is 88.1 Å². The zero-order chi connectivity index (χ0) is 29.0. The molecule has 0 radical (unpaired) electrons. The van der Waals surface area contributed by atoms with Crippen LogP contribution in [0.5, 0.6) is 0 Å². The summed E-state index contributed by atoms with van der Waals surface area (Å²) in [5.41, 5.74) is 12.4. The summed E-state index contributed by atoms with van der Waals surface area (Å²) in [4.78, 5) is 0. The third-order valence-corrected chi connectivity index (χ3v) is 5.23. The maximum atomic E-state index is 12.9. The summed E-state index contributed by atoms with van der Waals surface area (Å²) in [5, 5.41) is 12.9. The molecule has 2 aromatic carbocycles. The minimum absolute atomic E-state index is 0.313. The van der Waals surface area contributed by atoms with Gasteiger partial charge in [0.15, 0.2) is 0 Å². The predicted octanol–water partition coefficient (Wildman–Crippen LogP) is 9.71. The Kier molecular flexibility index (Phi) is 20.6. The first kappa shape index (κ1) is 36.1. The Morgan fingerprint density at radius 2 is 1.70 bits per heavy atom. The summed E-state index contributed by atoms with van der Waals surface area (Å²) in [6.07, 6.45) is 7.51. The molecule has 5 heteroatoms. The monoisotopic (exact) mass is 527 g/mol. The number of aryl methyl sites for hydroxylation is 1. The number of rotatable bonds is 7. The number of allylic oxidation sites excluding steroid dienone is 4. The molecule has 2 aromatic rings. The van der Waals surface area contributed by atoms with Crippen LogP contribution in [0, 0.1) is 24.1 Å². The highest BCUT2D eigenvalue weighted by molar-refractivity contribution is 6.31. The van der Waals surface area contributed by atoms with Crippen LogP contribution >= 0.6 is 11.6 Å². The van der Waals surface area contributed by atoms with Gasteiger partial charge >= 0.3 is 0 Å². The maximum Gasteiger partial charge on any atom is 0.124 e. The molecular formula is C32H47ClFN3. The van der Waals surface area contributed by atoms with Gasteiger partial charge in [0.1, 0.15) is 5.82 Å². The van der Waals surface area contributed by atoms with Crippen molar-refractivity contribution in [2.24, 2.45) is 0 Å². The van der Waals surface area contributed by atoms with E-state index in [0.29, 0.717) is 17.5 Å². The summed E-state index contributed by atoms with van der Waals surface area (Å²) < 4.78 is 12.9. The van der Waals surface area contributed by atoms with Crippen molar-refractivity contribution in [3.63, 3.8) is 0 Å². The summed E-state index contributed by atoms with van der Waals surface area (Å²) in [6, 6.07) is 12.9. The van der Waals surface area contributed by atoms with Gasteiger partial charge in [0.2, 0.25) is 0 Å². The Balaban J connectivity index is 0. The number of hydrogen-bond acceptors (Lipinski definition) is 3. The van der Waals surface area contributed by atoms with E-state index in [2.05, 4.69) is 25.2 Å². The number of halogens is 2. The minimum atomic E-state index is -0.313. The van der Waals surface area contributed by atoms with Crippen LogP contribution in [0.25, 0.3) is 0 Å². The molecule has 0 atom stereocenters. The molecular weight excluding hydrogens is 481 g/mol. The van der Waals surface area contributed by atoms with E-state index >= 15 is 0 Å². The van der Waals surface area contributed by atoms with E-state index in [1.165, 1.54) is 12.1 Å². The average Bonchev–Trinajstić information content (AvgIpc) is 2.89. The Hall–Kier alpha value is -3.03. The van der Waals surface area contributed by atoms with Gasteiger partial charge in [-0.05, 0) is 82.3 Å². The lowest BCUT2D eigenvalue weighted by Gasteiger charge is -2.16. The van der Waals surface area contributed by atoms with Crippen LogP contribution in [0.15, 0.2) is 71.5 Å². The second-order valence-electron chi connectivity index (χ2n) is 7.95. The van der Waals surface area contributed by atoms with Crippen molar-refractivity contribution in [2.75, 3.05) is 5.73 Å². The zero-order valence-corrected chi connectivity index (χ0v) is 25.2. The maximum absolute atomic E-state index is 12.9. The molecule has 0 aliphatic rings. The fraction of sp³-hybridized carbons (Fsp3) is 0.406. The molecule has 0 saturated heterocycles. The first-order chi connectivity index (χ1) is 17.7. The van der Waals surface area contributed by atoms with E-state index in [9.17, 15) is 4.39 Å². The molecule has 0 aliphatic carbocycles. The lowest BCUT2D eigenvalue weighted by molar-refractivity contribution is 0.627. The summed E-state index contributed by atoms with van der Waals surface area (Å²) >= 11 is 5.99. The van der Waals surface area contributed by atoms with Gasteiger partial charge < -0.3 is 11.1 Å².